The normalized spacial score (nSPS) is 11.1. The van der Waals surface area contributed by atoms with E-state index < -0.39 is 0 Å². The number of thiazole rings is 1. The number of hydrogen-bond donors (Lipinski definition) is 0. The smallest absolute Gasteiger partial charge is 0.229 e. The van der Waals surface area contributed by atoms with Crippen molar-refractivity contribution in [3.05, 3.63) is 82.9 Å². The second-order valence-electron chi connectivity index (χ2n) is 7.31. The van der Waals surface area contributed by atoms with Gasteiger partial charge in [-0.3, -0.25) is 14.7 Å². The Hall–Kier alpha value is -2.48. The highest BCUT2D eigenvalue weighted by Crippen LogP contribution is 2.34. The van der Waals surface area contributed by atoms with Crippen molar-refractivity contribution in [1.82, 2.24) is 9.97 Å². The molecule has 4 rings (SSSR count). The third kappa shape index (κ3) is 5.65. The molecule has 0 saturated heterocycles. The predicted octanol–water partition coefficient (Wildman–Crippen LogP) is 6.90. The highest BCUT2D eigenvalue weighted by atomic mass is 35.5. The van der Waals surface area contributed by atoms with Crippen LogP contribution in [0.3, 0.4) is 0 Å². The van der Waals surface area contributed by atoms with E-state index >= 15 is 0 Å². The minimum absolute atomic E-state index is 0.0179. The Bertz CT molecular complexity index is 1220. The number of pyridine rings is 1. The summed E-state index contributed by atoms with van der Waals surface area (Å²) in [4.78, 5) is 24.8. The van der Waals surface area contributed by atoms with Gasteiger partial charge in [0.1, 0.15) is 5.82 Å². The maximum atomic E-state index is 13.2. The van der Waals surface area contributed by atoms with Crippen LogP contribution in [-0.4, -0.2) is 21.6 Å². The number of aryl methyl sites for hydroxylation is 1. The van der Waals surface area contributed by atoms with Crippen LogP contribution in [-0.2, 0) is 11.3 Å². The molecule has 0 fully saturated rings. The molecule has 4 aromatic rings. The van der Waals surface area contributed by atoms with E-state index in [9.17, 15) is 9.18 Å². The Morgan fingerprint density at radius 1 is 1.16 bits per heavy atom. The van der Waals surface area contributed by atoms with Crippen LogP contribution in [0.4, 0.5) is 9.52 Å². The number of thioether (sulfide) groups is 1. The SMILES string of the molecule is Cc1cc(Cl)cc2sc(N(Cc3ccncc3)C(=O)CCCSc3ccc(F)cc3)nc12. The van der Waals surface area contributed by atoms with Gasteiger partial charge in [-0.2, -0.15) is 0 Å². The number of carbonyl (C=O) groups is 1. The summed E-state index contributed by atoms with van der Waals surface area (Å²) in [6, 6.07) is 14.0. The largest absolute Gasteiger partial charge is 0.284 e. The van der Waals surface area contributed by atoms with E-state index in [0.717, 1.165) is 32.0 Å². The zero-order valence-corrected chi connectivity index (χ0v) is 19.8. The molecule has 0 radical (unpaired) electrons. The number of benzene rings is 2. The van der Waals surface area contributed by atoms with Crippen molar-refractivity contribution in [2.75, 3.05) is 10.7 Å². The molecule has 0 aliphatic carbocycles. The number of halogens is 2. The molecule has 0 saturated carbocycles. The maximum Gasteiger partial charge on any atom is 0.229 e. The van der Waals surface area contributed by atoms with Crippen molar-refractivity contribution in [3.63, 3.8) is 0 Å². The summed E-state index contributed by atoms with van der Waals surface area (Å²) in [5.74, 6) is 0.544. The Balaban J connectivity index is 1.49. The third-order valence-corrected chi connectivity index (χ3v) is 7.22. The summed E-state index contributed by atoms with van der Waals surface area (Å²) in [7, 11) is 0. The van der Waals surface area contributed by atoms with Gasteiger partial charge >= 0.3 is 0 Å². The topological polar surface area (TPSA) is 46.1 Å². The zero-order valence-electron chi connectivity index (χ0n) is 17.4. The first-order valence-corrected chi connectivity index (χ1v) is 12.3. The number of carbonyl (C=O) groups excluding carboxylic acids is 1. The minimum atomic E-state index is -0.247. The first kappa shape index (κ1) is 22.7. The molecule has 0 spiro atoms. The van der Waals surface area contributed by atoms with E-state index in [0.29, 0.717) is 29.5 Å². The lowest BCUT2D eigenvalue weighted by Crippen LogP contribution is -2.30. The second-order valence-corrected chi connectivity index (χ2v) is 9.92. The second kappa shape index (κ2) is 10.4. The van der Waals surface area contributed by atoms with E-state index in [1.165, 1.54) is 23.5 Å². The van der Waals surface area contributed by atoms with Gasteiger partial charge in [-0.1, -0.05) is 22.9 Å². The molecular formula is C24H21ClFN3OS2. The Morgan fingerprint density at radius 2 is 1.91 bits per heavy atom. The van der Waals surface area contributed by atoms with Crippen LogP contribution in [0.2, 0.25) is 5.02 Å². The van der Waals surface area contributed by atoms with Crippen LogP contribution >= 0.6 is 34.7 Å². The molecule has 0 unspecified atom stereocenters. The molecule has 0 N–H and O–H groups in total. The lowest BCUT2D eigenvalue weighted by atomic mass is 10.2. The van der Waals surface area contributed by atoms with Gasteiger partial charge in [-0.15, -0.1) is 11.8 Å². The van der Waals surface area contributed by atoms with E-state index in [1.54, 1.807) is 41.2 Å². The summed E-state index contributed by atoms with van der Waals surface area (Å²) in [6.07, 6.45) is 4.55. The van der Waals surface area contributed by atoms with Gasteiger partial charge in [0.15, 0.2) is 5.13 Å². The first-order chi connectivity index (χ1) is 15.5. The van der Waals surface area contributed by atoms with Crippen LogP contribution in [0.5, 0.6) is 0 Å². The average Bonchev–Trinajstić information content (AvgIpc) is 3.21. The molecule has 8 heteroatoms. The van der Waals surface area contributed by atoms with E-state index in [4.69, 9.17) is 16.6 Å². The Morgan fingerprint density at radius 3 is 2.66 bits per heavy atom. The number of fused-ring (bicyclic) bond motifs is 1. The molecule has 2 aromatic carbocycles. The zero-order chi connectivity index (χ0) is 22.5. The number of hydrogen-bond acceptors (Lipinski definition) is 5. The fourth-order valence-corrected chi connectivity index (χ4v) is 5.56. The quantitative estimate of drug-likeness (QED) is 0.201. The molecule has 0 aliphatic rings. The Labute approximate surface area is 199 Å². The van der Waals surface area contributed by atoms with Gasteiger partial charge in [0.05, 0.1) is 16.8 Å². The van der Waals surface area contributed by atoms with Gasteiger partial charge in [0, 0.05) is 28.7 Å². The summed E-state index contributed by atoms with van der Waals surface area (Å²) in [5.41, 5.74) is 2.85. The summed E-state index contributed by atoms with van der Waals surface area (Å²) in [6.45, 7) is 2.40. The van der Waals surface area contributed by atoms with Crippen molar-refractivity contribution in [1.29, 1.82) is 0 Å². The van der Waals surface area contributed by atoms with Gasteiger partial charge in [-0.05, 0) is 78.8 Å². The van der Waals surface area contributed by atoms with Crippen LogP contribution in [0, 0.1) is 12.7 Å². The molecule has 2 aromatic heterocycles. The van der Waals surface area contributed by atoms with Crippen molar-refractivity contribution in [3.8, 4) is 0 Å². The molecule has 32 heavy (non-hydrogen) atoms. The summed E-state index contributed by atoms with van der Waals surface area (Å²) < 4.78 is 14.0. The van der Waals surface area contributed by atoms with Crippen LogP contribution in [0.25, 0.3) is 10.2 Å². The number of rotatable bonds is 8. The molecule has 0 bridgehead atoms. The van der Waals surface area contributed by atoms with Gasteiger partial charge < -0.3 is 0 Å². The molecule has 2 heterocycles. The lowest BCUT2D eigenvalue weighted by molar-refractivity contribution is -0.118. The molecule has 0 aliphatic heterocycles. The highest BCUT2D eigenvalue weighted by molar-refractivity contribution is 7.99. The Kier molecular flexibility index (Phi) is 7.40. The standard InChI is InChI=1S/C24H21ClFN3OS2/c1-16-13-18(25)14-21-23(16)28-24(32-21)29(15-17-8-10-27-11-9-17)22(30)3-2-12-31-20-6-4-19(26)5-7-20/h4-11,13-14H,2-3,12,15H2,1H3. The van der Waals surface area contributed by atoms with Crippen LogP contribution in [0.1, 0.15) is 24.0 Å². The fraction of sp³-hybridized carbons (Fsp3) is 0.208. The van der Waals surface area contributed by atoms with Crippen molar-refractivity contribution >= 4 is 56.0 Å². The van der Waals surface area contributed by atoms with Gasteiger partial charge in [0.2, 0.25) is 5.91 Å². The van der Waals surface area contributed by atoms with E-state index in [-0.39, 0.29) is 11.7 Å². The van der Waals surface area contributed by atoms with Crippen molar-refractivity contribution < 1.29 is 9.18 Å². The minimum Gasteiger partial charge on any atom is -0.284 e. The number of amides is 1. The van der Waals surface area contributed by atoms with E-state index in [1.807, 2.05) is 31.2 Å². The first-order valence-electron chi connectivity index (χ1n) is 10.1. The highest BCUT2D eigenvalue weighted by Gasteiger charge is 2.21. The van der Waals surface area contributed by atoms with Crippen LogP contribution in [0.15, 0.2) is 65.8 Å². The third-order valence-electron chi connectivity index (χ3n) is 4.88. The monoisotopic (exact) mass is 485 g/mol. The number of nitrogens with zero attached hydrogens (tertiary/aromatic N) is 3. The molecule has 4 nitrogen and oxygen atoms in total. The van der Waals surface area contributed by atoms with Gasteiger partial charge in [-0.25, -0.2) is 9.37 Å². The van der Waals surface area contributed by atoms with Crippen LogP contribution < -0.4 is 4.90 Å². The van der Waals surface area contributed by atoms with Gasteiger partial charge in [0.25, 0.3) is 0 Å². The van der Waals surface area contributed by atoms with Crippen molar-refractivity contribution in [2.24, 2.45) is 0 Å². The number of aromatic nitrogens is 2. The summed E-state index contributed by atoms with van der Waals surface area (Å²) >= 11 is 9.31. The van der Waals surface area contributed by atoms with E-state index in [2.05, 4.69) is 4.98 Å². The van der Waals surface area contributed by atoms with Crippen molar-refractivity contribution in [2.45, 2.75) is 31.2 Å². The molecule has 0 atom stereocenters. The molecular weight excluding hydrogens is 465 g/mol. The summed E-state index contributed by atoms with van der Waals surface area (Å²) in [5, 5.41) is 1.33. The number of anilines is 1. The predicted molar refractivity (Wildman–Crippen MR) is 131 cm³/mol. The molecule has 1 amide bonds. The molecule has 164 valence electrons. The lowest BCUT2D eigenvalue weighted by Gasteiger charge is -2.20. The maximum absolute atomic E-state index is 13.2. The fourth-order valence-electron chi connectivity index (χ4n) is 3.27. The average molecular weight is 486 g/mol.